The molecule has 2 aromatic rings. The van der Waals surface area contributed by atoms with Crippen molar-refractivity contribution in [2.24, 2.45) is 0 Å². The zero-order valence-electron chi connectivity index (χ0n) is 10.4. The molecule has 1 saturated heterocycles. The second kappa shape index (κ2) is 4.89. The van der Waals surface area contributed by atoms with Gasteiger partial charge in [-0.2, -0.15) is 4.98 Å². The number of benzene rings is 1. The van der Waals surface area contributed by atoms with Crippen molar-refractivity contribution in [3.05, 3.63) is 28.7 Å². The van der Waals surface area contributed by atoms with Gasteiger partial charge < -0.3 is 20.2 Å². The maximum absolute atomic E-state index is 11.3. The van der Waals surface area contributed by atoms with E-state index in [4.69, 9.17) is 15.2 Å². The number of anilines is 1. The highest BCUT2D eigenvalue weighted by molar-refractivity contribution is 5.93. The lowest BCUT2D eigenvalue weighted by atomic mass is 10.2. The SMILES string of the molecule is Nc1nc(=O)[nH]c2cccc(OCC3CCCO3)c12. The molecule has 1 aliphatic rings. The van der Waals surface area contributed by atoms with Crippen molar-refractivity contribution < 1.29 is 9.47 Å². The zero-order chi connectivity index (χ0) is 13.2. The van der Waals surface area contributed by atoms with Gasteiger partial charge in [0.1, 0.15) is 18.2 Å². The lowest BCUT2D eigenvalue weighted by Crippen LogP contribution is -2.17. The number of H-pyrrole nitrogens is 1. The first-order chi connectivity index (χ1) is 9.24. The van der Waals surface area contributed by atoms with Gasteiger partial charge in [-0.15, -0.1) is 0 Å². The zero-order valence-corrected chi connectivity index (χ0v) is 10.4. The van der Waals surface area contributed by atoms with Crippen LogP contribution in [-0.2, 0) is 4.74 Å². The van der Waals surface area contributed by atoms with Crippen molar-refractivity contribution in [1.29, 1.82) is 0 Å². The van der Waals surface area contributed by atoms with Crippen molar-refractivity contribution in [2.45, 2.75) is 18.9 Å². The highest BCUT2D eigenvalue weighted by atomic mass is 16.5. The van der Waals surface area contributed by atoms with E-state index >= 15 is 0 Å². The maximum atomic E-state index is 11.3. The summed E-state index contributed by atoms with van der Waals surface area (Å²) in [6.45, 7) is 1.28. The molecule has 3 rings (SSSR count). The summed E-state index contributed by atoms with van der Waals surface area (Å²) < 4.78 is 11.3. The van der Waals surface area contributed by atoms with Gasteiger partial charge in [0.05, 0.1) is 17.0 Å². The van der Waals surface area contributed by atoms with Gasteiger partial charge in [-0.3, -0.25) is 0 Å². The summed E-state index contributed by atoms with van der Waals surface area (Å²) in [5.41, 5.74) is 5.97. The Morgan fingerprint density at radius 1 is 1.53 bits per heavy atom. The molecule has 0 spiro atoms. The van der Waals surface area contributed by atoms with E-state index < -0.39 is 5.69 Å². The Morgan fingerprint density at radius 2 is 2.42 bits per heavy atom. The Morgan fingerprint density at radius 3 is 3.21 bits per heavy atom. The fourth-order valence-corrected chi connectivity index (χ4v) is 2.29. The number of ether oxygens (including phenoxy) is 2. The van der Waals surface area contributed by atoms with Crippen LogP contribution in [0.5, 0.6) is 5.75 Å². The number of rotatable bonds is 3. The van der Waals surface area contributed by atoms with Crippen LogP contribution in [0.15, 0.2) is 23.0 Å². The number of fused-ring (bicyclic) bond motifs is 1. The second-order valence-electron chi connectivity index (χ2n) is 4.55. The Hall–Kier alpha value is -2.08. The number of aromatic nitrogens is 2. The van der Waals surface area contributed by atoms with Crippen molar-refractivity contribution in [2.75, 3.05) is 18.9 Å². The Labute approximate surface area is 109 Å². The summed E-state index contributed by atoms with van der Waals surface area (Å²) in [6.07, 6.45) is 2.21. The minimum absolute atomic E-state index is 0.132. The summed E-state index contributed by atoms with van der Waals surface area (Å²) in [5.74, 6) is 0.802. The number of hydrogen-bond donors (Lipinski definition) is 2. The molecule has 100 valence electrons. The third-order valence-corrected chi connectivity index (χ3v) is 3.19. The van der Waals surface area contributed by atoms with Gasteiger partial charge in [0.25, 0.3) is 0 Å². The molecular formula is C13H15N3O3. The topological polar surface area (TPSA) is 90.2 Å². The lowest BCUT2D eigenvalue weighted by Gasteiger charge is -2.13. The van der Waals surface area contributed by atoms with Crippen LogP contribution in [0.2, 0.25) is 0 Å². The molecule has 0 amide bonds. The molecular weight excluding hydrogens is 246 g/mol. The van der Waals surface area contributed by atoms with Crippen molar-refractivity contribution >= 4 is 16.7 Å². The Kier molecular flexibility index (Phi) is 3.08. The third-order valence-electron chi connectivity index (χ3n) is 3.19. The van der Waals surface area contributed by atoms with E-state index in [1.807, 2.05) is 12.1 Å². The van der Waals surface area contributed by atoms with E-state index in [-0.39, 0.29) is 11.9 Å². The lowest BCUT2D eigenvalue weighted by molar-refractivity contribution is 0.0685. The third kappa shape index (κ3) is 2.39. The number of aromatic amines is 1. The number of nitrogen functional groups attached to an aromatic ring is 1. The molecule has 0 aliphatic carbocycles. The molecule has 0 saturated carbocycles. The normalized spacial score (nSPS) is 18.8. The van der Waals surface area contributed by atoms with Gasteiger partial charge in [0, 0.05) is 6.61 Å². The molecule has 1 unspecified atom stereocenters. The summed E-state index contributed by atoms with van der Waals surface area (Å²) in [4.78, 5) is 17.6. The molecule has 1 aromatic carbocycles. The van der Waals surface area contributed by atoms with E-state index in [9.17, 15) is 4.79 Å². The summed E-state index contributed by atoms with van der Waals surface area (Å²) >= 11 is 0. The quantitative estimate of drug-likeness (QED) is 0.862. The first-order valence-electron chi connectivity index (χ1n) is 6.27. The monoisotopic (exact) mass is 261 g/mol. The van der Waals surface area contributed by atoms with Crippen LogP contribution in [-0.4, -0.2) is 29.3 Å². The van der Waals surface area contributed by atoms with Crippen molar-refractivity contribution in [1.82, 2.24) is 9.97 Å². The standard InChI is InChI=1S/C13H15N3O3/c14-12-11-9(15-13(17)16-12)4-1-5-10(11)19-7-8-3-2-6-18-8/h1,4-5,8H,2-3,6-7H2,(H3,14,15,16,17). The van der Waals surface area contributed by atoms with Crippen LogP contribution in [0, 0.1) is 0 Å². The van der Waals surface area contributed by atoms with E-state index in [2.05, 4.69) is 9.97 Å². The van der Waals surface area contributed by atoms with Gasteiger partial charge >= 0.3 is 5.69 Å². The second-order valence-corrected chi connectivity index (χ2v) is 4.55. The molecule has 2 heterocycles. The number of nitrogens with zero attached hydrogens (tertiary/aromatic N) is 1. The molecule has 0 radical (unpaired) electrons. The minimum atomic E-state index is -0.457. The minimum Gasteiger partial charge on any atom is -0.490 e. The predicted molar refractivity (Wildman–Crippen MR) is 71.2 cm³/mol. The highest BCUT2D eigenvalue weighted by Crippen LogP contribution is 2.27. The molecule has 1 aromatic heterocycles. The largest absolute Gasteiger partial charge is 0.490 e. The number of nitrogens with one attached hydrogen (secondary N) is 1. The van der Waals surface area contributed by atoms with E-state index in [0.717, 1.165) is 19.4 Å². The van der Waals surface area contributed by atoms with Gasteiger partial charge in [-0.1, -0.05) is 6.07 Å². The molecule has 3 N–H and O–H groups in total. The van der Waals surface area contributed by atoms with Crippen molar-refractivity contribution in [3.63, 3.8) is 0 Å². The van der Waals surface area contributed by atoms with Crippen LogP contribution in [0.1, 0.15) is 12.8 Å². The van der Waals surface area contributed by atoms with Crippen LogP contribution < -0.4 is 16.2 Å². The highest BCUT2D eigenvalue weighted by Gasteiger charge is 2.17. The first kappa shape index (κ1) is 12.0. The molecule has 1 atom stereocenters. The number of nitrogens with two attached hydrogens (primary N) is 1. The van der Waals surface area contributed by atoms with Crippen LogP contribution >= 0.6 is 0 Å². The smallest absolute Gasteiger partial charge is 0.347 e. The van der Waals surface area contributed by atoms with Gasteiger partial charge in [0.2, 0.25) is 0 Å². The van der Waals surface area contributed by atoms with Crippen molar-refractivity contribution in [3.8, 4) is 5.75 Å². The molecule has 1 aliphatic heterocycles. The van der Waals surface area contributed by atoms with Gasteiger partial charge in [0.15, 0.2) is 0 Å². The summed E-state index contributed by atoms with van der Waals surface area (Å²) in [7, 11) is 0. The van der Waals surface area contributed by atoms with Gasteiger partial charge in [-0.25, -0.2) is 4.79 Å². The fourth-order valence-electron chi connectivity index (χ4n) is 2.29. The Balaban J connectivity index is 1.92. The summed E-state index contributed by atoms with van der Waals surface area (Å²) in [6, 6.07) is 5.39. The molecule has 19 heavy (non-hydrogen) atoms. The maximum Gasteiger partial charge on any atom is 0.347 e. The summed E-state index contributed by atoms with van der Waals surface area (Å²) in [5, 5.41) is 0.639. The van der Waals surface area contributed by atoms with Gasteiger partial charge in [-0.05, 0) is 25.0 Å². The molecule has 6 nitrogen and oxygen atoms in total. The van der Waals surface area contributed by atoms with Crippen LogP contribution in [0.3, 0.4) is 0 Å². The van der Waals surface area contributed by atoms with E-state index in [1.165, 1.54) is 0 Å². The fraction of sp³-hybridized carbons (Fsp3) is 0.385. The van der Waals surface area contributed by atoms with Crippen LogP contribution in [0.4, 0.5) is 5.82 Å². The predicted octanol–water partition coefficient (Wildman–Crippen LogP) is 1.06. The Bertz CT molecular complexity index is 647. The van der Waals surface area contributed by atoms with E-state index in [1.54, 1.807) is 6.07 Å². The first-order valence-corrected chi connectivity index (χ1v) is 6.27. The molecule has 1 fully saturated rings. The average Bonchev–Trinajstić information content (AvgIpc) is 2.88. The van der Waals surface area contributed by atoms with E-state index in [0.29, 0.717) is 23.3 Å². The molecule has 0 bridgehead atoms. The van der Waals surface area contributed by atoms with Crippen LogP contribution in [0.25, 0.3) is 10.9 Å². The average molecular weight is 261 g/mol. The molecule has 6 heteroatoms. The number of hydrogen-bond acceptors (Lipinski definition) is 5.